The molecule has 0 unspecified atom stereocenters. The van der Waals surface area contributed by atoms with E-state index in [0.717, 1.165) is 37.5 Å². The third-order valence-electron chi connectivity index (χ3n) is 5.03. The lowest BCUT2D eigenvalue weighted by atomic mass is 9.99. The van der Waals surface area contributed by atoms with Gasteiger partial charge in [-0.2, -0.15) is 0 Å². The van der Waals surface area contributed by atoms with Crippen LogP contribution < -0.4 is 5.32 Å². The molecule has 1 aliphatic heterocycles. The molecular formula is C16H27N3O2. The van der Waals surface area contributed by atoms with E-state index in [0.29, 0.717) is 6.04 Å². The largest absolute Gasteiger partial charge is 0.390 e. The van der Waals surface area contributed by atoms with E-state index in [1.807, 2.05) is 13.8 Å². The Balaban J connectivity index is 1.53. The van der Waals surface area contributed by atoms with Crippen molar-refractivity contribution in [2.75, 3.05) is 13.1 Å². The number of nitrogens with one attached hydrogen (secondary N) is 1. The van der Waals surface area contributed by atoms with E-state index >= 15 is 0 Å². The molecule has 1 aromatic rings. The second kappa shape index (κ2) is 6.46. The maximum atomic E-state index is 10.4. The third-order valence-corrected chi connectivity index (χ3v) is 5.03. The van der Waals surface area contributed by atoms with Crippen molar-refractivity contribution in [3.8, 4) is 0 Å². The minimum atomic E-state index is -0.278. The molecule has 0 amide bonds. The lowest BCUT2D eigenvalue weighted by Crippen LogP contribution is -2.54. The second-order valence-electron chi connectivity index (χ2n) is 6.65. The van der Waals surface area contributed by atoms with Gasteiger partial charge in [-0.3, -0.25) is 4.90 Å². The molecule has 5 nitrogen and oxygen atoms in total. The number of β-amino-alcohol motifs (C(OH)–C–C–N with tert-alkyl or cyclic N) is 1. The first kappa shape index (κ1) is 15.0. The Morgan fingerprint density at radius 3 is 2.67 bits per heavy atom. The van der Waals surface area contributed by atoms with Gasteiger partial charge in [0.2, 0.25) is 0 Å². The van der Waals surface area contributed by atoms with Crippen molar-refractivity contribution in [3.05, 3.63) is 17.0 Å². The van der Waals surface area contributed by atoms with Crippen LogP contribution in [0.25, 0.3) is 0 Å². The highest BCUT2D eigenvalue weighted by atomic mass is 16.5. The van der Waals surface area contributed by atoms with Gasteiger partial charge in [-0.1, -0.05) is 18.0 Å². The van der Waals surface area contributed by atoms with Gasteiger partial charge in [0.25, 0.3) is 0 Å². The number of aromatic nitrogens is 1. The van der Waals surface area contributed by atoms with Crippen LogP contribution >= 0.6 is 0 Å². The molecule has 1 saturated heterocycles. The molecule has 0 radical (unpaired) electrons. The minimum Gasteiger partial charge on any atom is -0.390 e. The molecule has 0 spiro atoms. The van der Waals surface area contributed by atoms with Crippen molar-refractivity contribution in [1.82, 2.24) is 15.4 Å². The number of nitrogens with zero attached hydrogens (tertiary/aromatic N) is 2. The van der Waals surface area contributed by atoms with Crippen LogP contribution in [0.1, 0.15) is 49.1 Å². The molecule has 2 heterocycles. The molecular weight excluding hydrogens is 266 g/mol. The van der Waals surface area contributed by atoms with Gasteiger partial charge < -0.3 is 14.9 Å². The lowest BCUT2D eigenvalue weighted by Gasteiger charge is -2.37. The molecule has 3 rings (SSSR count). The fraction of sp³-hybridized carbons (Fsp3) is 0.812. The van der Waals surface area contributed by atoms with Gasteiger partial charge in [-0.05, 0) is 33.1 Å². The van der Waals surface area contributed by atoms with E-state index < -0.39 is 0 Å². The number of hydrogen-bond acceptors (Lipinski definition) is 5. The molecule has 1 saturated carbocycles. The molecule has 0 aromatic carbocycles. The second-order valence-corrected chi connectivity index (χ2v) is 6.65. The maximum Gasteiger partial charge on any atom is 0.138 e. The highest BCUT2D eigenvalue weighted by molar-refractivity contribution is 5.20. The van der Waals surface area contributed by atoms with E-state index in [9.17, 15) is 5.11 Å². The zero-order valence-electron chi connectivity index (χ0n) is 13.1. The topological polar surface area (TPSA) is 61.5 Å². The summed E-state index contributed by atoms with van der Waals surface area (Å²) in [6.45, 7) is 6.52. The summed E-state index contributed by atoms with van der Waals surface area (Å²) in [5.41, 5.74) is 2.14. The Bertz CT molecular complexity index is 449. The number of aryl methyl sites for hydroxylation is 2. The minimum absolute atomic E-state index is 0.258. The molecule has 2 aliphatic rings. The summed E-state index contributed by atoms with van der Waals surface area (Å²) >= 11 is 0. The van der Waals surface area contributed by atoms with E-state index in [-0.39, 0.29) is 12.1 Å². The van der Waals surface area contributed by atoms with Gasteiger partial charge in [0.05, 0.1) is 11.8 Å². The summed E-state index contributed by atoms with van der Waals surface area (Å²) < 4.78 is 5.22. The summed E-state index contributed by atoms with van der Waals surface area (Å²) in [5.74, 6) is 0.896. The van der Waals surface area contributed by atoms with Crippen LogP contribution in [0.2, 0.25) is 0 Å². The average molecular weight is 293 g/mol. The van der Waals surface area contributed by atoms with Crippen molar-refractivity contribution in [3.63, 3.8) is 0 Å². The molecule has 21 heavy (non-hydrogen) atoms. The van der Waals surface area contributed by atoms with Crippen LogP contribution in [0.5, 0.6) is 0 Å². The zero-order valence-corrected chi connectivity index (χ0v) is 13.1. The van der Waals surface area contributed by atoms with Gasteiger partial charge in [-0.25, -0.2) is 0 Å². The van der Waals surface area contributed by atoms with Gasteiger partial charge in [0.1, 0.15) is 5.76 Å². The van der Waals surface area contributed by atoms with Gasteiger partial charge in [0.15, 0.2) is 0 Å². The first-order valence-electron chi connectivity index (χ1n) is 8.21. The summed E-state index contributed by atoms with van der Waals surface area (Å²) in [6, 6.07) is 0.882. The number of hydrogen-bond donors (Lipinski definition) is 2. The predicted octanol–water partition coefficient (Wildman–Crippen LogP) is 1.76. The summed E-state index contributed by atoms with van der Waals surface area (Å²) in [4.78, 5) is 2.31. The average Bonchev–Trinajstić information content (AvgIpc) is 3.07. The van der Waals surface area contributed by atoms with Crippen molar-refractivity contribution in [2.45, 2.75) is 70.7 Å². The zero-order chi connectivity index (χ0) is 14.8. The quantitative estimate of drug-likeness (QED) is 0.886. The molecule has 5 heteroatoms. The first-order valence-corrected chi connectivity index (χ1v) is 8.21. The molecule has 1 aliphatic carbocycles. The Morgan fingerprint density at radius 1 is 1.29 bits per heavy atom. The van der Waals surface area contributed by atoms with E-state index in [2.05, 4.69) is 15.4 Å². The Morgan fingerprint density at radius 2 is 2.05 bits per heavy atom. The van der Waals surface area contributed by atoms with Crippen molar-refractivity contribution in [1.29, 1.82) is 0 Å². The smallest absolute Gasteiger partial charge is 0.138 e. The van der Waals surface area contributed by atoms with Crippen molar-refractivity contribution < 1.29 is 9.63 Å². The van der Waals surface area contributed by atoms with Crippen LogP contribution in [0, 0.1) is 13.8 Å². The van der Waals surface area contributed by atoms with Gasteiger partial charge in [-0.15, -0.1) is 0 Å². The molecule has 2 atom stereocenters. The molecule has 1 aromatic heterocycles. The van der Waals surface area contributed by atoms with E-state index in [4.69, 9.17) is 4.52 Å². The summed E-state index contributed by atoms with van der Waals surface area (Å²) in [7, 11) is 0. The van der Waals surface area contributed by atoms with Gasteiger partial charge >= 0.3 is 0 Å². The number of aliphatic hydroxyl groups is 1. The predicted molar refractivity (Wildman–Crippen MR) is 81.1 cm³/mol. The maximum absolute atomic E-state index is 10.4. The Kier molecular flexibility index (Phi) is 4.62. The van der Waals surface area contributed by atoms with Crippen LogP contribution in [0.4, 0.5) is 0 Å². The van der Waals surface area contributed by atoms with Crippen molar-refractivity contribution in [2.24, 2.45) is 0 Å². The molecule has 2 fully saturated rings. The first-order chi connectivity index (χ1) is 10.1. The standard InChI is InChI=1S/C16H27N3O2/c1-11-14(12(2)21-18-11)9-19-8-7-15(16(20)10-19)17-13-5-3-4-6-13/h13,15-17,20H,3-10H2,1-2H3/t15-,16-/m1/s1. The van der Waals surface area contributed by atoms with Crippen LogP contribution in [-0.2, 0) is 6.54 Å². The fourth-order valence-corrected chi connectivity index (χ4v) is 3.68. The molecule has 0 bridgehead atoms. The molecule has 2 N–H and O–H groups in total. The SMILES string of the molecule is Cc1noc(C)c1CN1CC[C@@H](NC2CCCC2)[C@H](O)C1. The number of rotatable bonds is 4. The van der Waals surface area contributed by atoms with E-state index in [1.54, 1.807) is 0 Å². The van der Waals surface area contributed by atoms with Crippen LogP contribution in [0.3, 0.4) is 0 Å². The van der Waals surface area contributed by atoms with Crippen molar-refractivity contribution >= 4 is 0 Å². The highest BCUT2D eigenvalue weighted by Crippen LogP contribution is 2.22. The normalized spacial score (nSPS) is 28.3. The monoisotopic (exact) mass is 293 g/mol. The highest BCUT2D eigenvalue weighted by Gasteiger charge is 2.30. The van der Waals surface area contributed by atoms with Gasteiger partial charge in [0, 0.05) is 37.3 Å². The molecule has 118 valence electrons. The lowest BCUT2D eigenvalue weighted by molar-refractivity contribution is 0.0329. The van der Waals surface area contributed by atoms with E-state index in [1.165, 1.54) is 31.2 Å². The summed E-state index contributed by atoms with van der Waals surface area (Å²) in [6.07, 6.45) is 5.94. The number of likely N-dealkylation sites (tertiary alicyclic amines) is 1. The van der Waals surface area contributed by atoms with Crippen LogP contribution in [-0.4, -0.2) is 46.4 Å². The Hall–Kier alpha value is -0.910. The third kappa shape index (κ3) is 3.47. The Labute approximate surface area is 126 Å². The fourth-order valence-electron chi connectivity index (χ4n) is 3.68. The van der Waals surface area contributed by atoms with Crippen LogP contribution in [0.15, 0.2) is 4.52 Å². The number of piperidine rings is 1. The summed E-state index contributed by atoms with van der Waals surface area (Å²) in [5, 5.41) is 18.1. The number of aliphatic hydroxyl groups excluding tert-OH is 1.